The Morgan fingerprint density at radius 3 is 2.85 bits per heavy atom. The summed E-state index contributed by atoms with van der Waals surface area (Å²) in [5, 5.41) is 4.68. The first-order valence-electron chi connectivity index (χ1n) is 8.40. The van der Waals surface area contributed by atoms with E-state index in [0.29, 0.717) is 17.2 Å². The van der Waals surface area contributed by atoms with E-state index < -0.39 is 0 Å². The summed E-state index contributed by atoms with van der Waals surface area (Å²) in [6.45, 7) is 2.22. The number of hydrogen-bond donors (Lipinski definition) is 1. The lowest BCUT2D eigenvalue weighted by molar-refractivity contribution is -0.113. The third-order valence-electron chi connectivity index (χ3n) is 4.15. The molecule has 1 aliphatic heterocycles. The average molecular weight is 382 g/mol. The van der Waals surface area contributed by atoms with Crippen LogP contribution in [0.2, 0.25) is 0 Å². The van der Waals surface area contributed by atoms with E-state index in [1.807, 2.05) is 43.3 Å². The summed E-state index contributed by atoms with van der Waals surface area (Å²) in [5.74, 6) is 2.31. The average Bonchev–Trinajstić information content (AvgIpc) is 3.12. The fourth-order valence-corrected chi connectivity index (χ4v) is 3.62. The smallest absolute Gasteiger partial charge is 0.234 e. The van der Waals surface area contributed by atoms with Crippen molar-refractivity contribution in [2.24, 2.45) is 0 Å². The monoisotopic (exact) mass is 382 g/mol. The third-order valence-corrected chi connectivity index (χ3v) is 5.24. The molecule has 1 amide bonds. The van der Waals surface area contributed by atoms with Crippen molar-refractivity contribution in [2.75, 3.05) is 25.0 Å². The Kier molecular flexibility index (Phi) is 4.77. The summed E-state index contributed by atoms with van der Waals surface area (Å²) < 4.78 is 16.0. The topological polar surface area (TPSA) is 69.7 Å². The molecule has 0 aliphatic carbocycles. The molecule has 4 rings (SSSR count). The van der Waals surface area contributed by atoms with Crippen LogP contribution < -0.4 is 19.5 Å². The minimum absolute atomic E-state index is 0.0970. The quantitative estimate of drug-likeness (QED) is 0.673. The number of amides is 1. The fourth-order valence-electron chi connectivity index (χ4n) is 2.83. The molecular weight excluding hydrogens is 364 g/mol. The summed E-state index contributed by atoms with van der Waals surface area (Å²) in [6, 6.07) is 13.1. The maximum absolute atomic E-state index is 12.3. The van der Waals surface area contributed by atoms with Crippen molar-refractivity contribution in [3.8, 4) is 17.2 Å². The summed E-state index contributed by atoms with van der Waals surface area (Å²) in [4.78, 5) is 17.0. The fraction of sp³-hybridized carbons (Fsp3) is 0.200. The highest BCUT2D eigenvalue weighted by Crippen LogP contribution is 2.36. The number of fused-ring (bicyclic) bond motifs is 2. The van der Waals surface area contributed by atoms with Crippen LogP contribution in [0, 0.1) is 6.92 Å². The zero-order valence-electron chi connectivity index (χ0n) is 14.9. The maximum Gasteiger partial charge on any atom is 0.234 e. The first-order chi connectivity index (χ1) is 13.1. The third kappa shape index (κ3) is 3.78. The maximum atomic E-state index is 12.3. The zero-order valence-corrected chi connectivity index (χ0v) is 15.8. The van der Waals surface area contributed by atoms with E-state index in [4.69, 9.17) is 14.2 Å². The second kappa shape index (κ2) is 7.36. The molecule has 0 saturated carbocycles. The molecule has 0 saturated heterocycles. The van der Waals surface area contributed by atoms with Gasteiger partial charge in [0.15, 0.2) is 11.5 Å². The Bertz CT molecular complexity index is 1020. The standard InChI is InChI=1S/C20H18N2O4S/c1-12-6-13-7-17-18(26-11-25-17)9-16(13)22-20(12)27-10-19(23)21-14-4-3-5-15(8-14)24-2/h3-9H,10-11H2,1-2H3,(H,21,23). The highest BCUT2D eigenvalue weighted by molar-refractivity contribution is 8.00. The first kappa shape index (κ1) is 17.5. The van der Waals surface area contributed by atoms with Crippen LogP contribution in [0.4, 0.5) is 5.69 Å². The normalized spacial score (nSPS) is 12.2. The van der Waals surface area contributed by atoms with Crippen LogP contribution in [0.25, 0.3) is 10.9 Å². The molecule has 1 aromatic heterocycles. The van der Waals surface area contributed by atoms with Gasteiger partial charge in [-0.05, 0) is 36.8 Å². The molecule has 0 spiro atoms. The van der Waals surface area contributed by atoms with Crippen molar-refractivity contribution in [1.29, 1.82) is 0 Å². The number of hydrogen-bond acceptors (Lipinski definition) is 6. The molecule has 1 N–H and O–H groups in total. The Labute approximate surface area is 160 Å². The van der Waals surface area contributed by atoms with E-state index in [2.05, 4.69) is 10.3 Å². The molecular formula is C20H18N2O4S. The molecule has 27 heavy (non-hydrogen) atoms. The second-order valence-corrected chi connectivity index (χ2v) is 7.04. The molecule has 1 aliphatic rings. The zero-order chi connectivity index (χ0) is 18.8. The van der Waals surface area contributed by atoms with Crippen LogP contribution in [0.3, 0.4) is 0 Å². The van der Waals surface area contributed by atoms with Gasteiger partial charge in [-0.25, -0.2) is 4.98 Å². The van der Waals surface area contributed by atoms with Gasteiger partial charge in [-0.3, -0.25) is 4.79 Å². The molecule has 3 aromatic rings. The van der Waals surface area contributed by atoms with Gasteiger partial charge in [0, 0.05) is 23.2 Å². The number of rotatable bonds is 5. The summed E-state index contributed by atoms with van der Waals surface area (Å²) in [5.41, 5.74) is 2.54. The van der Waals surface area contributed by atoms with Crippen molar-refractivity contribution in [3.63, 3.8) is 0 Å². The summed E-state index contributed by atoms with van der Waals surface area (Å²) >= 11 is 1.41. The Morgan fingerprint density at radius 2 is 2.04 bits per heavy atom. The molecule has 0 atom stereocenters. The molecule has 2 aromatic carbocycles. The van der Waals surface area contributed by atoms with Gasteiger partial charge < -0.3 is 19.5 Å². The van der Waals surface area contributed by atoms with Gasteiger partial charge >= 0.3 is 0 Å². The van der Waals surface area contributed by atoms with E-state index in [9.17, 15) is 4.79 Å². The van der Waals surface area contributed by atoms with E-state index in [1.54, 1.807) is 13.2 Å². The van der Waals surface area contributed by atoms with E-state index in [0.717, 1.165) is 27.2 Å². The van der Waals surface area contributed by atoms with Gasteiger partial charge in [0.25, 0.3) is 0 Å². The van der Waals surface area contributed by atoms with Crippen molar-refractivity contribution >= 4 is 34.3 Å². The van der Waals surface area contributed by atoms with Crippen LogP contribution in [0.5, 0.6) is 17.2 Å². The van der Waals surface area contributed by atoms with Crippen molar-refractivity contribution in [1.82, 2.24) is 4.98 Å². The molecule has 0 unspecified atom stereocenters. The van der Waals surface area contributed by atoms with Crippen molar-refractivity contribution < 1.29 is 19.0 Å². The van der Waals surface area contributed by atoms with Gasteiger partial charge in [-0.2, -0.15) is 0 Å². The Hall–Kier alpha value is -2.93. The van der Waals surface area contributed by atoms with E-state index in [-0.39, 0.29) is 18.5 Å². The van der Waals surface area contributed by atoms with Crippen LogP contribution in [0.15, 0.2) is 47.5 Å². The van der Waals surface area contributed by atoms with Gasteiger partial charge in [0.2, 0.25) is 12.7 Å². The second-order valence-electron chi connectivity index (χ2n) is 6.08. The number of nitrogens with one attached hydrogen (secondary N) is 1. The largest absolute Gasteiger partial charge is 0.497 e. The molecule has 7 heteroatoms. The predicted octanol–water partition coefficient (Wildman–Crippen LogP) is 4.01. The summed E-state index contributed by atoms with van der Waals surface area (Å²) in [6.07, 6.45) is 0. The summed E-state index contributed by atoms with van der Waals surface area (Å²) in [7, 11) is 1.59. The molecule has 0 radical (unpaired) electrons. The number of ether oxygens (including phenoxy) is 3. The number of methoxy groups -OCH3 is 1. The van der Waals surface area contributed by atoms with Crippen LogP contribution >= 0.6 is 11.8 Å². The Balaban J connectivity index is 1.47. The van der Waals surface area contributed by atoms with Crippen molar-refractivity contribution in [2.45, 2.75) is 11.9 Å². The number of carbonyl (C=O) groups excluding carboxylic acids is 1. The van der Waals surface area contributed by atoms with Crippen LogP contribution in [0.1, 0.15) is 5.56 Å². The van der Waals surface area contributed by atoms with Crippen LogP contribution in [-0.2, 0) is 4.79 Å². The van der Waals surface area contributed by atoms with Gasteiger partial charge in [-0.15, -0.1) is 0 Å². The van der Waals surface area contributed by atoms with Gasteiger partial charge in [0.1, 0.15) is 10.8 Å². The number of aromatic nitrogens is 1. The first-order valence-corrected chi connectivity index (χ1v) is 9.38. The van der Waals surface area contributed by atoms with Crippen LogP contribution in [-0.4, -0.2) is 30.5 Å². The Morgan fingerprint density at radius 1 is 1.22 bits per heavy atom. The van der Waals surface area contributed by atoms with E-state index in [1.165, 1.54) is 11.8 Å². The minimum atomic E-state index is -0.0970. The number of carbonyl (C=O) groups is 1. The number of pyridine rings is 1. The predicted molar refractivity (Wildman–Crippen MR) is 105 cm³/mol. The number of aryl methyl sites for hydroxylation is 1. The highest BCUT2D eigenvalue weighted by Gasteiger charge is 2.16. The lowest BCUT2D eigenvalue weighted by Gasteiger charge is -2.09. The minimum Gasteiger partial charge on any atom is -0.497 e. The highest BCUT2D eigenvalue weighted by atomic mass is 32.2. The van der Waals surface area contributed by atoms with E-state index >= 15 is 0 Å². The van der Waals surface area contributed by atoms with Crippen molar-refractivity contribution in [3.05, 3.63) is 48.0 Å². The lowest BCUT2D eigenvalue weighted by Crippen LogP contribution is -2.14. The lowest BCUT2D eigenvalue weighted by atomic mass is 10.1. The molecule has 2 heterocycles. The van der Waals surface area contributed by atoms with Gasteiger partial charge in [0.05, 0.1) is 18.4 Å². The SMILES string of the molecule is COc1cccc(NC(=O)CSc2nc3cc4c(cc3cc2C)OCO4)c1. The van der Waals surface area contributed by atoms with Gasteiger partial charge in [-0.1, -0.05) is 17.8 Å². The number of thioether (sulfide) groups is 1. The molecule has 6 nitrogen and oxygen atoms in total. The number of anilines is 1. The molecule has 0 bridgehead atoms. The molecule has 0 fully saturated rings. The molecule has 138 valence electrons. The number of nitrogens with zero attached hydrogens (tertiary/aromatic N) is 1. The number of benzene rings is 2.